The molecular formula is C96H58N4O2S2. The third kappa shape index (κ3) is 9.98. The zero-order valence-electron chi connectivity index (χ0n) is 55.9. The average Bonchev–Trinajstić information content (AvgIpc) is 1.55. The van der Waals surface area contributed by atoms with Crippen LogP contribution in [0.1, 0.15) is 0 Å². The van der Waals surface area contributed by atoms with Gasteiger partial charge in [-0.3, -0.25) is 0 Å². The summed E-state index contributed by atoms with van der Waals surface area (Å²) in [4.78, 5) is 15.3. The van der Waals surface area contributed by atoms with Gasteiger partial charge >= 0.3 is 0 Å². The predicted molar refractivity (Wildman–Crippen MR) is 439 cm³/mol. The summed E-state index contributed by atoms with van der Waals surface area (Å²) in [7, 11) is 0. The summed E-state index contributed by atoms with van der Waals surface area (Å²) in [5.74, 6) is 0. The maximum atomic E-state index is 7.12. The Morgan fingerprint density at radius 1 is 0.240 bits per heavy atom. The first-order valence-corrected chi connectivity index (χ1v) is 36.7. The summed E-state index contributed by atoms with van der Waals surface area (Å²) in [5.41, 5.74) is 22.6. The van der Waals surface area contributed by atoms with Crippen molar-refractivity contribution in [2.24, 2.45) is 0 Å². The number of fused-ring (bicyclic) bond motifs is 16. The molecule has 0 radical (unpaired) electrons. The van der Waals surface area contributed by atoms with Crippen LogP contribution in [-0.4, -0.2) is 9.97 Å². The van der Waals surface area contributed by atoms with E-state index in [1.54, 1.807) is 22.7 Å². The molecule has 0 N–H and O–H groups in total. The van der Waals surface area contributed by atoms with E-state index >= 15 is 0 Å². The molecule has 0 fully saturated rings. The first-order chi connectivity index (χ1) is 51.5. The predicted octanol–water partition coefficient (Wildman–Crippen LogP) is 28.3. The molecule has 0 unspecified atom stereocenters. The molecule has 4 heterocycles. The lowest BCUT2D eigenvalue weighted by atomic mass is 9.93. The molecule has 21 aromatic rings. The van der Waals surface area contributed by atoms with Crippen molar-refractivity contribution in [2.45, 2.75) is 0 Å². The number of anilines is 6. The van der Waals surface area contributed by atoms with Crippen LogP contribution in [0.3, 0.4) is 0 Å². The molecular weight excluding hydrogens is 1310 g/mol. The highest BCUT2D eigenvalue weighted by Crippen LogP contribution is 2.50. The van der Waals surface area contributed by atoms with Crippen molar-refractivity contribution < 1.29 is 8.83 Å². The van der Waals surface area contributed by atoms with E-state index in [0.29, 0.717) is 0 Å². The van der Waals surface area contributed by atoms with Crippen LogP contribution in [0.4, 0.5) is 34.1 Å². The quantitative estimate of drug-likeness (QED) is 0.114. The molecule has 6 nitrogen and oxygen atoms in total. The van der Waals surface area contributed by atoms with Crippen LogP contribution in [0.5, 0.6) is 0 Å². The molecule has 0 aliphatic rings. The highest BCUT2D eigenvalue weighted by molar-refractivity contribution is 7.23. The summed E-state index contributed by atoms with van der Waals surface area (Å²) >= 11 is 3.44. The normalized spacial score (nSPS) is 11.8. The molecule has 0 amide bonds. The van der Waals surface area contributed by atoms with Crippen molar-refractivity contribution in [1.82, 2.24) is 9.97 Å². The second-order valence-corrected chi connectivity index (χ2v) is 28.7. The topological polar surface area (TPSA) is 58.5 Å². The third-order valence-electron chi connectivity index (χ3n) is 20.7. The zero-order chi connectivity index (χ0) is 68.3. The molecule has 0 atom stereocenters. The van der Waals surface area contributed by atoms with Gasteiger partial charge in [0.25, 0.3) is 0 Å². The number of rotatable bonds is 12. The van der Waals surface area contributed by atoms with Crippen LogP contribution in [-0.2, 0) is 0 Å². The number of hydrogen-bond acceptors (Lipinski definition) is 8. The maximum Gasteiger partial charge on any atom is 0.144 e. The van der Waals surface area contributed by atoms with Gasteiger partial charge in [-0.15, -0.1) is 22.7 Å². The number of aromatic nitrogens is 2. The van der Waals surface area contributed by atoms with Crippen LogP contribution in [0.2, 0.25) is 0 Å². The van der Waals surface area contributed by atoms with Crippen LogP contribution in [0, 0.1) is 0 Å². The first kappa shape index (κ1) is 59.6. The molecule has 0 aliphatic carbocycles. The Morgan fingerprint density at radius 2 is 0.692 bits per heavy atom. The van der Waals surface area contributed by atoms with Gasteiger partial charge in [-0.1, -0.05) is 243 Å². The molecule has 0 saturated heterocycles. The molecule has 8 heteroatoms. The molecule has 21 rings (SSSR count). The lowest BCUT2D eigenvalue weighted by Gasteiger charge is -2.28. The van der Waals surface area contributed by atoms with Gasteiger partial charge in [0.15, 0.2) is 0 Å². The number of nitrogens with zero attached hydrogens (tertiary/aromatic N) is 4. The minimum absolute atomic E-state index is 0.825. The van der Waals surface area contributed by atoms with Crippen molar-refractivity contribution >= 4 is 164 Å². The van der Waals surface area contributed by atoms with E-state index in [2.05, 4.69) is 356 Å². The SMILES string of the molecule is c1ccc(-c2nc3ccc4oc5ccc(N(c6cccc(-c7ccc(-c8cc9nc(-c%10ccccc%10)sc9c9c8oc8ccc(-c%10ccc(N(c%11ccccc%11)c%11ccc(-c%12cc%13ccccc%13c%13ccccc%12%13)cc%11)cc%10)cc89)cc7)c6)c6cc7ccccc7c7ccccc67)cc5c4c3s2)cc1. The van der Waals surface area contributed by atoms with Crippen molar-refractivity contribution in [1.29, 1.82) is 0 Å². The summed E-state index contributed by atoms with van der Waals surface area (Å²) in [6, 6.07) is 127. The molecule has 0 spiro atoms. The number of para-hydroxylation sites is 1. The van der Waals surface area contributed by atoms with E-state index in [1.807, 2.05) is 6.07 Å². The monoisotopic (exact) mass is 1360 g/mol. The van der Waals surface area contributed by atoms with E-state index in [-0.39, 0.29) is 0 Å². The fraction of sp³-hybridized carbons (Fsp3) is 0. The largest absolute Gasteiger partial charge is 0.456 e. The van der Waals surface area contributed by atoms with E-state index in [9.17, 15) is 0 Å². The van der Waals surface area contributed by atoms with Crippen LogP contribution in [0.25, 0.3) is 173 Å². The summed E-state index contributed by atoms with van der Waals surface area (Å²) in [5, 5.41) is 15.9. The summed E-state index contributed by atoms with van der Waals surface area (Å²) in [6.45, 7) is 0. The Hall–Kier alpha value is -13.2. The summed E-state index contributed by atoms with van der Waals surface area (Å²) in [6.07, 6.45) is 0. The zero-order valence-corrected chi connectivity index (χ0v) is 57.5. The van der Waals surface area contributed by atoms with E-state index in [1.165, 1.54) is 48.8 Å². The summed E-state index contributed by atoms with van der Waals surface area (Å²) < 4.78 is 16.0. The molecule has 486 valence electrons. The smallest absolute Gasteiger partial charge is 0.144 e. The van der Waals surface area contributed by atoms with Crippen LogP contribution < -0.4 is 9.80 Å². The standard InChI is InChI=1S/C96H58N4O2S2/c1-4-19-63(20-5-1)95-97-84-49-52-89-90(93(84)103-95)83-57-73(48-51-87(83)101-89)100(86-56-68-24-11-13-30-75(68)77-32-16-17-34-79(77)86)72-28-18-25-65(53-72)59-35-37-62(38-36-59)81-58-85-94(104-96(98-85)64-21-6-2-7-22-64)91-82-54-66(43-50-88(82)102-92(81)91)60-39-44-70(45-40-60)99(69-26-8-3-9-27-69)71-46-41-61(42-47-71)80-55-67-23-10-12-29-74(67)76-31-14-15-33-78(76)80/h1-58H. The fourth-order valence-corrected chi connectivity index (χ4v) is 18.0. The Morgan fingerprint density at radius 3 is 1.38 bits per heavy atom. The minimum atomic E-state index is 0.825. The van der Waals surface area contributed by atoms with E-state index in [4.69, 9.17) is 18.8 Å². The Balaban J connectivity index is 0.649. The fourth-order valence-electron chi connectivity index (χ4n) is 15.7. The highest BCUT2D eigenvalue weighted by Gasteiger charge is 2.25. The molecule has 0 aliphatic heterocycles. The molecule has 0 bridgehead atoms. The Labute approximate surface area is 606 Å². The lowest BCUT2D eigenvalue weighted by Crippen LogP contribution is -2.10. The average molecular weight is 1360 g/mol. The van der Waals surface area contributed by atoms with Gasteiger partial charge in [0.05, 0.1) is 26.1 Å². The molecule has 0 saturated carbocycles. The van der Waals surface area contributed by atoms with Crippen LogP contribution >= 0.6 is 22.7 Å². The van der Waals surface area contributed by atoms with Crippen LogP contribution in [0.15, 0.2) is 361 Å². The van der Waals surface area contributed by atoms with Gasteiger partial charge < -0.3 is 18.6 Å². The van der Waals surface area contributed by atoms with Gasteiger partial charge in [-0.05, 0) is 186 Å². The Kier molecular flexibility index (Phi) is 13.9. The molecule has 4 aromatic heterocycles. The van der Waals surface area contributed by atoms with Crippen molar-refractivity contribution in [3.8, 4) is 65.6 Å². The second kappa shape index (κ2) is 24.3. The maximum absolute atomic E-state index is 7.12. The van der Waals surface area contributed by atoms with Gasteiger partial charge in [0, 0.05) is 72.1 Å². The number of benzene rings is 17. The molecule has 104 heavy (non-hydrogen) atoms. The number of furan rings is 2. The number of thiazole rings is 2. The highest BCUT2D eigenvalue weighted by atomic mass is 32.1. The van der Waals surface area contributed by atoms with Crippen molar-refractivity contribution in [3.05, 3.63) is 352 Å². The Bertz CT molecular complexity index is 6960. The van der Waals surface area contributed by atoms with Gasteiger partial charge in [-0.25, -0.2) is 9.97 Å². The lowest BCUT2D eigenvalue weighted by molar-refractivity contribution is 0.669. The minimum Gasteiger partial charge on any atom is -0.456 e. The van der Waals surface area contributed by atoms with Gasteiger partial charge in [-0.2, -0.15) is 0 Å². The second-order valence-electron chi connectivity index (χ2n) is 26.7. The van der Waals surface area contributed by atoms with Gasteiger partial charge in [0.2, 0.25) is 0 Å². The van der Waals surface area contributed by atoms with E-state index < -0.39 is 0 Å². The van der Waals surface area contributed by atoms with E-state index in [0.717, 1.165) is 158 Å². The molecule has 17 aromatic carbocycles. The third-order valence-corrected chi connectivity index (χ3v) is 22.9. The van der Waals surface area contributed by atoms with Crippen molar-refractivity contribution in [2.75, 3.05) is 9.80 Å². The van der Waals surface area contributed by atoms with Gasteiger partial charge in [0.1, 0.15) is 32.3 Å². The first-order valence-electron chi connectivity index (χ1n) is 35.1. The number of hydrogen-bond donors (Lipinski definition) is 0. The van der Waals surface area contributed by atoms with Crippen molar-refractivity contribution in [3.63, 3.8) is 0 Å².